The van der Waals surface area contributed by atoms with Crippen LogP contribution in [0.3, 0.4) is 0 Å². The highest BCUT2D eigenvalue weighted by Crippen LogP contribution is 2.23. The Morgan fingerprint density at radius 1 is 0.875 bits per heavy atom. The number of amides is 2. The first-order valence-electron chi connectivity index (χ1n) is 12.0. The first-order valence-corrected chi connectivity index (χ1v) is 13.5. The Hall–Kier alpha value is -2.64. The molecule has 0 bridgehead atoms. The maximum atomic E-state index is 13.0. The minimum Gasteiger partial charge on any atom is -0.481 e. The zero-order valence-corrected chi connectivity index (χ0v) is 23.5. The number of fused-ring (bicyclic) bond motifs is 2. The van der Waals surface area contributed by atoms with Crippen molar-refractivity contribution >= 4 is 83.5 Å². The van der Waals surface area contributed by atoms with Gasteiger partial charge in [-0.05, 0) is 52.7 Å². The van der Waals surface area contributed by atoms with E-state index in [9.17, 15) is 29.2 Å². The van der Waals surface area contributed by atoms with E-state index in [4.69, 9.17) is 37.6 Å². The van der Waals surface area contributed by atoms with Gasteiger partial charge in [-0.1, -0.05) is 23.2 Å². The van der Waals surface area contributed by atoms with E-state index in [1.54, 1.807) is 0 Å². The van der Waals surface area contributed by atoms with Crippen LogP contribution in [0.4, 0.5) is 0 Å². The van der Waals surface area contributed by atoms with E-state index in [0.29, 0.717) is 22.1 Å². The molecule has 2 heterocycles. The molecule has 16 heteroatoms. The van der Waals surface area contributed by atoms with Gasteiger partial charge >= 0.3 is 20.2 Å². The summed E-state index contributed by atoms with van der Waals surface area (Å²) in [6.07, 6.45) is 1.12. The summed E-state index contributed by atoms with van der Waals surface area (Å²) in [6, 6.07) is 4.41. The summed E-state index contributed by atoms with van der Waals surface area (Å²) in [4.78, 5) is 49.6. The smallest absolute Gasteiger partial charge is 0.481 e. The van der Waals surface area contributed by atoms with Gasteiger partial charge in [0.25, 0.3) is 11.8 Å². The number of hydrogen-bond acceptors (Lipinski definition) is 8. The van der Waals surface area contributed by atoms with E-state index in [1.807, 2.05) is 0 Å². The Kier molecular flexibility index (Phi) is 11.4. The predicted octanol–water partition coefficient (Wildman–Crippen LogP) is 0.636. The molecule has 4 rings (SSSR count). The Balaban J connectivity index is 0.00000216. The van der Waals surface area contributed by atoms with Crippen molar-refractivity contribution in [1.29, 1.82) is 0 Å². The number of nitrogens with one attached hydrogen (secondary N) is 2. The zero-order valence-electron chi connectivity index (χ0n) is 21.2. The summed E-state index contributed by atoms with van der Waals surface area (Å²) in [7, 11) is -2.47. The number of hydrogen-bond donors (Lipinski definition) is 5. The van der Waals surface area contributed by atoms with E-state index in [1.165, 1.54) is 30.6 Å². The number of ketones is 1. The summed E-state index contributed by atoms with van der Waals surface area (Å²) in [5.74, 6) is -2.88. The Morgan fingerprint density at radius 3 is 1.88 bits per heavy atom. The van der Waals surface area contributed by atoms with E-state index in [0.717, 1.165) is 0 Å². The molecule has 2 amide bonds. The van der Waals surface area contributed by atoms with Crippen LogP contribution in [0.25, 0.3) is 0 Å². The molecule has 212 valence electrons. The van der Waals surface area contributed by atoms with Gasteiger partial charge < -0.3 is 35.1 Å². The second kappa shape index (κ2) is 14.3. The average molecular weight is 613 g/mol. The summed E-state index contributed by atoms with van der Waals surface area (Å²) in [6.45, 7) is -0.121. The monoisotopic (exact) mass is 612 g/mol. The quantitative estimate of drug-likeness (QED) is 0.191. The van der Waals surface area contributed by atoms with Gasteiger partial charge in [-0.15, -0.1) is 11.6 Å². The van der Waals surface area contributed by atoms with E-state index >= 15 is 0 Å². The third kappa shape index (κ3) is 7.55. The molecule has 0 aliphatic carbocycles. The molecule has 1 atom stereocenters. The third-order valence-corrected chi connectivity index (χ3v) is 6.94. The van der Waals surface area contributed by atoms with Crippen molar-refractivity contribution in [2.45, 2.75) is 38.5 Å². The number of halogens is 3. The van der Waals surface area contributed by atoms with Crippen molar-refractivity contribution in [3.8, 4) is 0 Å². The summed E-state index contributed by atoms with van der Waals surface area (Å²) < 4.78 is 10.3. The fourth-order valence-electron chi connectivity index (χ4n) is 4.20. The van der Waals surface area contributed by atoms with Gasteiger partial charge in [-0.3, -0.25) is 19.2 Å². The highest BCUT2D eigenvalue weighted by atomic mass is 35.5. The summed E-state index contributed by atoms with van der Waals surface area (Å²) in [5, 5.41) is 34.4. The second-order valence-corrected chi connectivity index (χ2v) is 9.64. The molecule has 2 aromatic carbocycles. The number of aliphatic carboxylic acids is 1. The van der Waals surface area contributed by atoms with Crippen LogP contribution in [-0.4, -0.2) is 71.9 Å². The summed E-state index contributed by atoms with van der Waals surface area (Å²) >= 11 is 17.1. The number of carboxylic acids is 1. The number of rotatable bonds is 10. The van der Waals surface area contributed by atoms with Crippen LogP contribution in [0.1, 0.15) is 51.1 Å². The number of Topliss-reactive ketones (excluding diaryl/α,β-unsaturated/α-hetero) is 1. The van der Waals surface area contributed by atoms with Crippen molar-refractivity contribution in [2.24, 2.45) is 0 Å². The number of carbonyl (C=O) groups excluding carboxylic acids is 3. The Morgan fingerprint density at radius 2 is 1.38 bits per heavy atom. The van der Waals surface area contributed by atoms with Crippen molar-refractivity contribution in [3.63, 3.8) is 0 Å². The molecule has 0 saturated carbocycles. The fraction of sp³-hybridized carbons (Fsp3) is 0.333. The highest BCUT2D eigenvalue weighted by molar-refractivity contribution is 6.62. The Labute approximate surface area is 245 Å². The van der Waals surface area contributed by atoms with E-state index in [2.05, 4.69) is 22.2 Å². The molecule has 0 saturated heterocycles. The van der Waals surface area contributed by atoms with Crippen molar-refractivity contribution in [1.82, 2.24) is 10.6 Å². The number of alkyl halides is 1. The largest absolute Gasteiger partial charge is 0.491 e. The van der Waals surface area contributed by atoms with Crippen LogP contribution in [0.5, 0.6) is 0 Å². The fourth-order valence-corrected chi connectivity index (χ4v) is 4.76. The molecular formula is C24H25B2Cl3N2O9. The van der Waals surface area contributed by atoms with Crippen LogP contribution in [0.2, 0.25) is 10.0 Å². The molecule has 0 fully saturated rings. The number of carbonyl (C=O) groups is 4. The molecule has 0 radical (unpaired) electrons. The maximum absolute atomic E-state index is 13.0. The van der Waals surface area contributed by atoms with Gasteiger partial charge in [0.15, 0.2) is 5.78 Å². The molecular weight excluding hydrogens is 588 g/mol. The molecule has 2 aromatic rings. The van der Waals surface area contributed by atoms with Crippen LogP contribution in [0, 0.1) is 0 Å². The van der Waals surface area contributed by atoms with E-state index < -0.39 is 43.8 Å². The third-order valence-electron chi connectivity index (χ3n) is 6.26. The minimum absolute atomic E-state index is 0.0427. The molecule has 0 aromatic heterocycles. The van der Waals surface area contributed by atoms with Gasteiger partial charge in [0.2, 0.25) is 0 Å². The molecule has 40 heavy (non-hydrogen) atoms. The first kappa shape index (κ1) is 31.9. The maximum Gasteiger partial charge on any atom is 0.491 e. The predicted molar refractivity (Wildman–Crippen MR) is 150 cm³/mol. The molecule has 0 spiro atoms. The normalized spacial score (nSPS) is 14.1. The second-order valence-electron chi connectivity index (χ2n) is 8.83. The van der Waals surface area contributed by atoms with Crippen molar-refractivity contribution in [2.75, 3.05) is 12.9 Å². The lowest BCUT2D eigenvalue weighted by atomic mass is 9.78. The topological polar surface area (TPSA) is 171 Å². The van der Waals surface area contributed by atoms with Gasteiger partial charge in [0, 0.05) is 46.9 Å². The van der Waals surface area contributed by atoms with Gasteiger partial charge in [-0.2, -0.15) is 0 Å². The Bertz CT molecular complexity index is 1310. The molecule has 2 aliphatic heterocycles. The van der Waals surface area contributed by atoms with Crippen molar-refractivity contribution < 1.29 is 43.6 Å². The lowest BCUT2D eigenvalue weighted by molar-refractivity contribution is -0.137. The zero-order chi connectivity index (χ0) is 29.6. The molecule has 5 N–H and O–H groups in total. The van der Waals surface area contributed by atoms with Crippen LogP contribution in [0.15, 0.2) is 24.3 Å². The van der Waals surface area contributed by atoms with Gasteiger partial charge in [-0.25, -0.2) is 0 Å². The summed E-state index contributed by atoms with van der Waals surface area (Å²) in [5.41, 5.74) is 1.98. The lowest BCUT2D eigenvalue weighted by Crippen LogP contribution is -2.48. The van der Waals surface area contributed by atoms with Crippen molar-refractivity contribution in [3.05, 3.63) is 56.6 Å². The number of carboxylic acid groups (broad SMARTS) is 1. The average Bonchev–Trinajstić information content (AvgIpc) is 3.49. The van der Waals surface area contributed by atoms with Crippen LogP contribution < -0.4 is 21.6 Å². The molecule has 1 unspecified atom stereocenters. The van der Waals surface area contributed by atoms with Crippen LogP contribution >= 0.6 is 34.8 Å². The van der Waals surface area contributed by atoms with Gasteiger partial charge in [0.05, 0.1) is 13.2 Å². The first-order chi connectivity index (χ1) is 19.0. The van der Waals surface area contributed by atoms with Gasteiger partial charge in [0.1, 0.15) is 6.04 Å². The lowest BCUT2D eigenvalue weighted by Gasteiger charge is -2.19. The number of benzene rings is 2. The minimum atomic E-state index is -1.24. The molecule has 2 aliphatic rings. The van der Waals surface area contributed by atoms with E-state index in [-0.39, 0.29) is 60.2 Å². The standard InChI is InChI=1S/C23H22B2Cl2N2O9.CH3Cl/c26-17-6-11(4-15-13(17)9-37-24(15)35)22(33)28-8-19(20(30)2-1-3-21(31)32)29-23(34)12-5-16-14(18(27)7-12)10-38-25(16)36;1-2/h4-7,19,35-36H,1-3,8-10H2,(H,28,33)(H,29,34)(H,31,32);1H3. The highest BCUT2D eigenvalue weighted by Gasteiger charge is 2.32. The molecule has 11 nitrogen and oxygen atoms in total. The van der Waals surface area contributed by atoms with Crippen LogP contribution in [-0.2, 0) is 32.1 Å². The SMILES string of the molecule is CCl.O=C(O)CCCC(=O)C(CNC(=O)c1cc(Cl)c2c(c1)B(O)OC2)NC(=O)c1cc(Cl)c2c(c1)B(O)OC2.